The average Bonchev–Trinajstić information content (AvgIpc) is 2.69. The van der Waals surface area contributed by atoms with E-state index in [1.54, 1.807) is 54.6 Å². The van der Waals surface area contributed by atoms with Gasteiger partial charge in [-0.2, -0.15) is 5.10 Å². The third kappa shape index (κ3) is 5.28. The highest BCUT2D eigenvalue weighted by Crippen LogP contribution is 2.15. The van der Waals surface area contributed by atoms with Crippen LogP contribution in [0.2, 0.25) is 0 Å². The Morgan fingerprint density at radius 2 is 1.57 bits per heavy atom. The van der Waals surface area contributed by atoms with E-state index in [-0.39, 0.29) is 11.7 Å². The second kappa shape index (κ2) is 8.96. The molecular formula is C21H16BrN3O3. The predicted molar refractivity (Wildman–Crippen MR) is 112 cm³/mol. The number of amides is 2. The minimum Gasteiger partial charge on any atom is -0.508 e. The minimum absolute atomic E-state index is 0.155. The molecule has 0 aliphatic rings. The van der Waals surface area contributed by atoms with Crippen LogP contribution in [0, 0.1) is 0 Å². The lowest BCUT2D eigenvalue weighted by Gasteiger charge is -2.07. The first-order valence-electron chi connectivity index (χ1n) is 8.31. The zero-order valence-corrected chi connectivity index (χ0v) is 16.2. The van der Waals surface area contributed by atoms with Crippen molar-refractivity contribution in [3.05, 3.63) is 94.0 Å². The summed E-state index contributed by atoms with van der Waals surface area (Å²) >= 11 is 3.33. The van der Waals surface area contributed by atoms with Gasteiger partial charge in [-0.05, 0) is 66.2 Å². The molecule has 0 aliphatic heterocycles. The number of phenols is 1. The Labute approximate surface area is 170 Å². The molecule has 7 heteroatoms. The molecule has 0 heterocycles. The summed E-state index contributed by atoms with van der Waals surface area (Å²) in [5.74, 6) is -0.527. The molecule has 0 aliphatic carbocycles. The van der Waals surface area contributed by atoms with Gasteiger partial charge in [0.05, 0.1) is 6.21 Å². The van der Waals surface area contributed by atoms with E-state index in [2.05, 4.69) is 31.8 Å². The maximum absolute atomic E-state index is 12.3. The van der Waals surface area contributed by atoms with Crippen LogP contribution < -0.4 is 10.7 Å². The summed E-state index contributed by atoms with van der Waals surface area (Å²) in [4.78, 5) is 24.6. The highest BCUT2D eigenvalue weighted by Gasteiger charge is 2.09. The van der Waals surface area contributed by atoms with Crippen LogP contribution in [-0.2, 0) is 0 Å². The highest BCUT2D eigenvalue weighted by molar-refractivity contribution is 9.10. The van der Waals surface area contributed by atoms with Crippen molar-refractivity contribution >= 4 is 39.6 Å². The van der Waals surface area contributed by atoms with Gasteiger partial charge in [-0.25, -0.2) is 5.43 Å². The molecule has 0 aromatic heterocycles. The van der Waals surface area contributed by atoms with Crippen molar-refractivity contribution < 1.29 is 14.7 Å². The predicted octanol–water partition coefficient (Wildman–Crippen LogP) is 4.17. The normalized spacial score (nSPS) is 10.6. The Bertz CT molecular complexity index is 1030. The molecule has 0 spiro atoms. The van der Waals surface area contributed by atoms with Crippen molar-refractivity contribution in [3.63, 3.8) is 0 Å². The maximum atomic E-state index is 12.3. The van der Waals surface area contributed by atoms with Crippen LogP contribution in [0.1, 0.15) is 26.3 Å². The number of phenolic OH excluding ortho intramolecular Hbond substituents is 1. The van der Waals surface area contributed by atoms with Gasteiger partial charge in [-0.3, -0.25) is 9.59 Å². The Morgan fingerprint density at radius 3 is 2.29 bits per heavy atom. The molecular weight excluding hydrogens is 422 g/mol. The van der Waals surface area contributed by atoms with E-state index in [9.17, 15) is 14.7 Å². The zero-order valence-electron chi connectivity index (χ0n) is 14.6. The van der Waals surface area contributed by atoms with Gasteiger partial charge >= 0.3 is 0 Å². The monoisotopic (exact) mass is 437 g/mol. The molecule has 140 valence electrons. The highest BCUT2D eigenvalue weighted by atomic mass is 79.9. The molecule has 0 unspecified atom stereocenters. The number of nitrogens with one attached hydrogen (secondary N) is 2. The van der Waals surface area contributed by atoms with E-state index in [0.717, 1.165) is 10.0 Å². The number of carbonyl (C=O) groups excluding carboxylic acids is 2. The fourth-order valence-corrected chi connectivity index (χ4v) is 2.76. The summed E-state index contributed by atoms with van der Waals surface area (Å²) in [5.41, 5.74) is 4.52. The summed E-state index contributed by atoms with van der Waals surface area (Å²) in [6.45, 7) is 0. The van der Waals surface area contributed by atoms with E-state index in [1.165, 1.54) is 18.3 Å². The first-order chi connectivity index (χ1) is 13.5. The summed E-state index contributed by atoms with van der Waals surface area (Å²) < 4.78 is 0.805. The van der Waals surface area contributed by atoms with Crippen molar-refractivity contribution in [3.8, 4) is 5.75 Å². The number of hydrazone groups is 1. The van der Waals surface area contributed by atoms with Gasteiger partial charge < -0.3 is 10.4 Å². The number of hydrogen-bond acceptors (Lipinski definition) is 4. The van der Waals surface area contributed by atoms with Gasteiger partial charge in [0.2, 0.25) is 0 Å². The molecule has 0 saturated carbocycles. The molecule has 3 N–H and O–H groups in total. The standard InChI is InChI=1S/C21H16BrN3O3/c22-17-5-1-3-15(11-17)20(27)24-18-6-2-4-16(12-18)21(28)25-23-13-14-7-9-19(26)10-8-14/h1-13,26H,(H,24,27)(H,25,28)/b23-13-. The van der Waals surface area contributed by atoms with E-state index in [0.29, 0.717) is 16.8 Å². The van der Waals surface area contributed by atoms with Crippen molar-refractivity contribution in [2.75, 3.05) is 5.32 Å². The number of nitrogens with zero attached hydrogens (tertiary/aromatic N) is 1. The second-order valence-electron chi connectivity index (χ2n) is 5.84. The fourth-order valence-electron chi connectivity index (χ4n) is 2.36. The topological polar surface area (TPSA) is 90.8 Å². The fraction of sp³-hybridized carbons (Fsp3) is 0. The second-order valence-corrected chi connectivity index (χ2v) is 6.75. The Kier molecular flexibility index (Phi) is 6.18. The maximum Gasteiger partial charge on any atom is 0.271 e. The molecule has 3 aromatic rings. The molecule has 0 fully saturated rings. The van der Waals surface area contributed by atoms with Gasteiger partial charge in [0, 0.05) is 21.3 Å². The first-order valence-corrected chi connectivity index (χ1v) is 9.10. The lowest BCUT2D eigenvalue weighted by atomic mass is 10.1. The number of halogens is 1. The lowest BCUT2D eigenvalue weighted by molar-refractivity contribution is 0.0953. The minimum atomic E-state index is -0.409. The van der Waals surface area contributed by atoms with Crippen LogP contribution in [0.5, 0.6) is 5.75 Å². The smallest absolute Gasteiger partial charge is 0.271 e. The van der Waals surface area contributed by atoms with Crippen molar-refractivity contribution in [1.29, 1.82) is 0 Å². The molecule has 28 heavy (non-hydrogen) atoms. The molecule has 3 aromatic carbocycles. The summed E-state index contributed by atoms with van der Waals surface area (Å²) in [7, 11) is 0. The number of anilines is 1. The Balaban J connectivity index is 1.64. The van der Waals surface area contributed by atoms with E-state index < -0.39 is 5.91 Å². The summed E-state index contributed by atoms with van der Waals surface area (Å²) in [5, 5.41) is 15.9. The van der Waals surface area contributed by atoms with Gasteiger partial charge in [0.25, 0.3) is 11.8 Å². The van der Waals surface area contributed by atoms with Gasteiger partial charge in [-0.1, -0.05) is 28.1 Å². The lowest BCUT2D eigenvalue weighted by Crippen LogP contribution is -2.18. The van der Waals surface area contributed by atoms with Crippen molar-refractivity contribution in [2.45, 2.75) is 0 Å². The van der Waals surface area contributed by atoms with Gasteiger partial charge in [0.15, 0.2) is 0 Å². The van der Waals surface area contributed by atoms with Crippen LogP contribution in [-0.4, -0.2) is 23.1 Å². The Morgan fingerprint density at radius 1 is 0.893 bits per heavy atom. The van der Waals surface area contributed by atoms with E-state index in [4.69, 9.17) is 0 Å². The molecule has 0 atom stereocenters. The number of aromatic hydroxyl groups is 1. The third-order valence-electron chi connectivity index (χ3n) is 3.74. The van der Waals surface area contributed by atoms with Crippen LogP contribution in [0.4, 0.5) is 5.69 Å². The van der Waals surface area contributed by atoms with Crippen LogP contribution in [0.3, 0.4) is 0 Å². The zero-order chi connectivity index (χ0) is 19.9. The quantitative estimate of drug-likeness (QED) is 0.413. The van der Waals surface area contributed by atoms with Crippen LogP contribution >= 0.6 is 15.9 Å². The first kappa shape index (κ1) is 19.3. The van der Waals surface area contributed by atoms with Gasteiger partial charge in [-0.15, -0.1) is 0 Å². The molecule has 0 radical (unpaired) electrons. The number of benzene rings is 3. The average molecular weight is 438 g/mol. The van der Waals surface area contributed by atoms with Crippen molar-refractivity contribution in [1.82, 2.24) is 5.43 Å². The third-order valence-corrected chi connectivity index (χ3v) is 4.24. The summed E-state index contributed by atoms with van der Waals surface area (Å²) in [6.07, 6.45) is 1.47. The molecule has 0 bridgehead atoms. The SMILES string of the molecule is O=C(N/N=C\c1ccc(O)cc1)c1cccc(NC(=O)c2cccc(Br)c2)c1. The van der Waals surface area contributed by atoms with E-state index >= 15 is 0 Å². The molecule has 6 nitrogen and oxygen atoms in total. The van der Waals surface area contributed by atoms with Crippen LogP contribution in [0.25, 0.3) is 0 Å². The molecule has 3 rings (SSSR count). The molecule has 2 amide bonds. The van der Waals surface area contributed by atoms with Crippen LogP contribution in [0.15, 0.2) is 82.4 Å². The molecule has 0 saturated heterocycles. The summed E-state index contributed by atoms with van der Waals surface area (Å²) in [6, 6.07) is 20.0. The largest absolute Gasteiger partial charge is 0.508 e. The number of carbonyl (C=O) groups is 2. The van der Waals surface area contributed by atoms with Gasteiger partial charge in [0.1, 0.15) is 5.75 Å². The Hall–Kier alpha value is -3.45. The van der Waals surface area contributed by atoms with Crippen molar-refractivity contribution in [2.24, 2.45) is 5.10 Å². The number of hydrogen-bond donors (Lipinski definition) is 3. The number of rotatable bonds is 5. The van der Waals surface area contributed by atoms with E-state index in [1.807, 2.05) is 6.07 Å².